The van der Waals surface area contributed by atoms with E-state index in [1.165, 1.54) is 0 Å². The lowest BCUT2D eigenvalue weighted by atomic mass is 9.92. The summed E-state index contributed by atoms with van der Waals surface area (Å²) in [6, 6.07) is 9.78. The van der Waals surface area contributed by atoms with E-state index in [9.17, 15) is 4.79 Å². The Hall–Kier alpha value is -1.39. The standard InChI is InChI=1S/C15H24N2O2/c1-3-10-19-11-9-14(18)17-15(2,12-16)13-7-5-4-6-8-13/h4-8H,3,9-12,16H2,1-2H3,(H,17,18). The number of nitrogens with one attached hydrogen (secondary N) is 1. The van der Waals surface area contributed by atoms with Gasteiger partial charge in [0.25, 0.3) is 0 Å². The van der Waals surface area contributed by atoms with Crippen LogP contribution in [0.25, 0.3) is 0 Å². The number of carbonyl (C=O) groups excluding carboxylic acids is 1. The first-order chi connectivity index (χ1) is 9.12. The molecule has 1 unspecified atom stereocenters. The lowest BCUT2D eigenvalue weighted by molar-refractivity contribution is -0.124. The van der Waals surface area contributed by atoms with Crippen molar-refractivity contribution >= 4 is 5.91 Å². The number of ether oxygens (including phenoxy) is 1. The smallest absolute Gasteiger partial charge is 0.223 e. The first kappa shape index (κ1) is 15.7. The van der Waals surface area contributed by atoms with E-state index in [2.05, 4.69) is 5.32 Å². The molecule has 0 radical (unpaired) electrons. The Kier molecular flexibility index (Phi) is 6.53. The molecule has 1 aromatic carbocycles. The van der Waals surface area contributed by atoms with Gasteiger partial charge in [0.2, 0.25) is 5.91 Å². The minimum atomic E-state index is -0.525. The zero-order valence-corrected chi connectivity index (χ0v) is 11.8. The van der Waals surface area contributed by atoms with Gasteiger partial charge in [-0.25, -0.2) is 0 Å². The van der Waals surface area contributed by atoms with Crippen LogP contribution in [0.15, 0.2) is 30.3 Å². The second kappa shape index (κ2) is 7.92. The van der Waals surface area contributed by atoms with Gasteiger partial charge in [-0.15, -0.1) is 0 Å². The highest BCUT2D eigenvalue weighted by molar-refractivity contribution is 5.77. The van der Waals surface area contributed by atoms with Crippen LogP contribution in [0, 0.1) is 0 Å². The zero-order valence-electron chi connectivity index (χ0n) is 11.8. The summed E-state index contributed by atoms with van der Waals surface area (Å²) in [5, 5.41) is 2.99. The van der Waals surface area contributed by atoms with Gasteiger partial charge in [-0.05, 0) is 18.9 Å². The topological polar surface area (TPSA) is 64.3 Å². The van der Waals surface area contributed by atoms with Crippen LogP contribution >= 0.6 is 0 Å². The van der Waals surface area contributed by atoms with Gasteiger partial charge in [0.05, 0.1) is 12.1 Å². The van der Waals surface area contributed by atoms with Crippen LogP contribution in [0.1, 0.15) is 32.3 Å². The van der Waals surface area contributed by atoms with Crippen molar-refractivity contribution in [3.05, 3.63) is 35.9 Å². The number of rotatable bonds is 8. The van der Waals surface area contributed by atoms with Crippen molar-refractivity contribution in [2.75, 3.05) is 19.8 Å². The van der Waals surface area contributed by atoms with Crippen LogP contribution < -0.4 is 11.1 Å². The fourth-order valence-corrected chi connectivity index (χ4v) is 1.83. The van der Waals surface area contributed by atoms with Crippen molar-refractivity contribution in [3.8, 4) is 0 Å². The lowest BCUT2D eigenvalue weighted by Gasteiger charge is -2.30. The highest BCUT2D eigenvalue weighted by Gasteiger charge is 2.26. The molecule has 0 spiro atoms. The SMILES string of the molecule is CCCOCCC(=O)NC(C)(CN)c1ccccc1. The summed E-state index contributed by atoms with van der Waals surface area (Å²) in [7, 11) is 0. The van der Waals surface area contributed by atoms with E-state index in [1.807, 2.05) is 44.2 Å². The summed E-state index contributed by atoms with van der Waals surface area (Å²) in [5.74, 6) is -0.0343. The third-order valence-electron chi connectivity index (χ3n) is 3.06. The Morgan fingerprint density at radius 2 is 2.00 bits per heavy atom. The van der Waals surface area contributed by atoms with Crippen molar-refractivity contribution in [2.24, 2.45) is 5.73 Å². The molecule has 1 atom stereocenters. The molecule has 3 N–H and O–H groups in total. The Balaban J connectivity index is 2.54. The van der Waals surface area contributed by atoms with Crippen molar-refractivity contribution < 1.29 is 9.53 Å². The highest BCUT2D eigenvalue weighted by atomic mass is 16.5. The molecular weight excluding hydrogens is 240 g/mol. The normalized spacial score (nSPS) is 13.8. The second-order valence-corrected chi connectivity index (χ2v) is 4.81. The Labute approximate surface area is 115 Å². The predicted octanol–water partition coefficient (Wildman–Crippen LogP) is 1.79. The largest absolute Gasteiger partial charge is 0.381 e. The maximum Gasteiger partial charge on any atom is 0.223 e. The number of benzene rings is 1. The number of hydrogen-bond donors (Lipinski definition) is 2. The summed E-state index contributed by atoms with van der Waals surface area (Å²) in [5.41, 5.74) is 6.31. The zero-order chi connectivity index (χ0) is 14.1. The molecule has 19 heavy (non-hydrogen) atoms. The molecule has 1 rings (SSSR count). The fraction of sp³-hybridized carbons (Fsp3) is 0.533. The van der Waals surface area contributed by atoms with Gasteiger partial charge in [-0.3, -0.25) is 4.79 Å². The van der Waals surface area contributed by atoms with E-state index in [0.717, 1.165) is 12.0 Å². The fourth-order valence-electron chi connectivity index (χ4n) is 1.83. The third-order valence-corrected chi connectivity index (χ3v) is 3.06. The van der Waals surface area contributed by atoms with Gasteiger partial charge in [0.15, 0.2) is 0 Å². The number of nitrogens with two attached hydrogens (primary N) is 1. The quantitative estimate of drug-likeness (QED) is 0.704. The maximum absolute atomic E-state index is 11.9. The average molecular weight is 264 g/mol. The number of amides is 1. The first-order valence-corrected chi connectivity index (χ1v) is 6.76. The summed E-state index contributed by atoms with van der Waals surface area (Å²) in [4.78, 5) is 11.9. The minimum absolute atomic E-state index is 0.0343. The molecule has 0 saturated carbocycles. The molecule has 0 aliphatic carbocycles. The molecule has 4 heteroatoms. The van der Waals surface area contributed by atoms with Gasteiger partial charge in [-0.1, -0.05) is 37.3 Å². The minimum Gasteiger partial charge on any atom is -0.381 e. The van der Waals surface area contributed by atoms with E-state index in [-0.39, 0.29) is 5.91 Å². The van der Waals surface area contributed by atoms with Gasteiger partial charge in [-0.2, -0.15) is 0 Å². The summed E-state index contributed by atoms with van der Waals surface area (Å²) < 4.78 is 5.32. The van der Waals surface area contributed by atoms with E-state index in [1.54, 1.807) is 0 Å². The van der Waals surface area contributed by atoms with Crippen LogP contribution in [0.5, 0.6) is 0 Å². The van der Waals surface area contributed by atoms with Crippen LogP contribution in [0.3, 0.4) is 0 Å². The summed E-state index contributed by atoms with van der Waals surface area (Å²) in [6.45, 7) is 5.49. The van der Waals surface area contributed by atoms with Crippen LogP contribution in [0.2, 0.25) is 0 Å². The molecule has 0 heterocycles. The second-order valence-electron chi connectivity index (χ2n) is 4.81. The Morgan fingerprint density at radius 3 is 2.58 bits per heavy atom. The molecule has 1 amide bonds. The molecule has 0 saturated heterocycles. The van der Waals surface area contributed by atoms with Crippen molar-refractivity contribution in [2.45, 2.75) is 32.2 Å². The van der Waals surface area contributed by atoms with Crippen LogP contribution in [-0.4, -0.2) is 25.7 Å². The predicted molar refractivity (Wildman–Crippen MR) is 76.7 cm³/mol. The molecule has 4 nitrogen and oxygen atoms in total. The van der Waals surface area contributed by atoms with Gasteiger partial charge >= 0.3 is 0 Å². The molecular formula is C15H24N2O2. The average Bonchev–Trinajstić information content (AvgIpc) is 2.44. The van der Waals surface area contributed by atoms with E-state index in [4.69, 9.17) is 10.5 Å². The monoisotopic (exact) mass is 264 g/mol. The Bertz CT molecular complexity index is 381. The molecule has 0 bridgehead atoms. The van der Waals surface area contributed by atoms with Gasteiger partial charge < -0.3 is 15.8 Å². The van der Waals surface area contributed by atoms with E-state index in [0.29, 0.717) is 26.2 Å². The molecule has 106 valence electrons. The summed E-state index contributed by atoms with van der Waals surface area (Å²) in [6.07, 6.45) is 1.33. The van der Waals surface area contributed by atoms with Crippen molar-refractivity contribution in [1.82, 2.24) is 5.32 Å². The lowest BCUT2D eigenvalue weighted by Crippen LogP contribution is -2.49. The summed E-state index contributed by atoms with van der Waals surface area (Å²) >= 11 is 0. The van der Waals surface area contributed by atoms with Crippen LogP contribution in [-0.2, 0) is 15.1 Å². The number of hydrogen-bond acceptors (Lipinski definition) is 3. The third kappa shape index (κ3) is 5.01. The Morgan fingerprint density at radius 1 is 1.32 bits per heavy atom. The van der Waals surface area contributed by atoms with E-state index >= 15 is 0 Å². The molecule has 0 aliphatic rings. The first-order valence-electron chi connectivity index (χ1n) is 6.76. The van der Waals surface area contributed by atoms with Gasteiger partial charge in [0, 0.05) is 19.6 Å². The highest BCUT2D eigenvalue weighted by Crippen LogP contribution is 2.19. The van der Waals surface area contributed by atoms with Gasteiger partial charge in [0.1, 0.15) is 0 Å². The molecule has 0 fully saturated rings. The molecule has 1 aromatic rings. The van der Waals surface area contributed by atoms with Crippen LogP contribution in [0.4, 0.5) is 0 Å². The molecule has 0 aromatic heterocycles. The van der Waals surface area contributed by atoms with E-state index < -0.39 is 5.54 Å². The van der Waals surface area contributed by atoms with Crippen molar-refractivity contribution in [1.29, 1.82) is 0 Å². The maximum atomic E-state index is 11.9. The number of carbonyl (C=O) groups is 1. The van der Waals surface area contributed by atoms with Crippen molar-refractivity contribution in [3.63, 3.8) is 0 Å². The molecule has 0 aliphatic heterocycles.